The molecule has 4 nitrogen and oxygen atoms in total. The van der Waals surface area contributed by atoms with E-state index in [0.717, 1.165) is 5.56 Å². The number of benzene rings is 1. The predicted octanol–water partition coefficient (Wildman–Crippen LogP) is 1.84. The Balaban J connectivity index is 2.49. The number of carboxylic acid groups (broad SMARTS) is 1. The Hall–Kier alpha value is -1.84. The molecule has 1 atom stereocenters. The quantitative estimate of drug-likeness (QED) is 0.610. The molecule has 1 unspecified atom stereocenters. The summed E-state index contributed by atoms with van der Waals surface area (Å²) in [5.41, 5.74) is 0.844. The molecule has 0 aliphatic carbocycles. The monoisotopic (exact) mass is 222 g/mol. The van der Waals surface area contributed by atoms with Gasteiger partial charge in [0.1, 0.15) is 6.61 Å². The number of carbonyl (C=O) groups is 2. The van der Waals surface area contributed by atoms with Gasteiger partial charge < -0.3 is 9.84 Å². The summed E-state index contributed by atoms with van der Waals surface area (Å²) in [6.45, 7) is 1.76. The van der Waals surface area contributed by atoms with Gasteiger partial charge in [0.2, 0.25) is 0 Å². The molecule has 0 saturated carbocycles. The Morgan fingerprint density at radius 2 is 1.94 bits per heavy atom. The van der Waals surface area contributed by atoms with Crippen molar-refractivity contribution in [2.75, 3.05) is 0 Å². The third-order valence-corrected chi connectivity index (χ3v) is 2.21. The van der Waals surface area contributed by atoms with Gasteiger partial charge in [-0.05, 0) is 12.0 Å². The first-order valence-electron chi connectivity index (χ1n) is 5.08. The first-order chi connectivity index (χ1) is 7.65. The number of hydrogen-bond acceptors (Lipinski definition) is 3. The van der Waals surface area contributed by atoms with Crippen LogP contribution >= 0.6 is 0 Å². The second-order valence-corrected chi connectivity index (χ2v) is 3.39. The van der Waals surface area contributed by atoms with Crippen LogP contribution in [0.4, 0.5) is 0 Å². The standard InChI is InChI=1S/C12H14O4/c1-2-10(11(13)14)12(15)16-8-9-6-4-3-5-7-9/h3-7,10H,2,8H2,1H3,(H,13,14). The van der Waals surface area contributed by atoms with Crippen LogP contribution in [0.3, 0.4) is 0 Å². The molecule has 86 valence electrons. The van der Waals surface area contributed by atoms with E-state index in [2.05, 4.69) is 0 Å². The molecule has 1 aromatic carbocycles. The van der Waals surface area contributed by atoms with Crippen molar-refractivity contribution in [2.45, 2.75) is 20.0 Å². The molecule has 0 amide bonds. The highest BCUT2D eigenvalue weighted by molar-refractivity contribution is 5.93. The summed E-state index contributed by atoms with van der Waals surface area (Å²) in [5, 5.41) is 8.74. The normalized spacial score (nSPS) is 11.8. The topological polar surface area (TPSA) is 63.6 Å². The van der Waals surface area contributed by atoms with Gasteiger partial charge in [0.15, 0.2) is 5.92 Å². The number of aliphatic carboxylic acids is 1. The van der Waals surface area contributed by atoms with Gasteiger partial charge in [-0.15, -0.1) is 0 Å². The summed E-state index contributed by atoms with van der Waals surface area (Å²) in [6.07, 6.45) is 0.239. The number of ether oxygens (including phenoxy) is 1. The Morgan fingerprint density at radius 3 is 2.44 bits per heavy atom. The van der Waals surface area contributed by atoms with Crippen molar-refractivity contribution < 1.29 is 19.4 Å². The molecule has 0 saturated heterocycles. The highest BCUT2D eigenvalue weighted by Gasteiger charge is 2.25. The summed E-state index contributed by atoms with van der Waals surface area (Å²) < 4.78 is 4.92. The zero-order valence-corrected chi connectivity index (χ0v) is 9.05. The fourth-order valence-corrected chi connectivity index (χ4v) is 1.27. The Labute approximate surface area is 93.9 Å². The van der Waals surface area contributed by atoms with Gasteiger partial charge >= 0.3 is 11.9 Å². The third-order valence-electron chi connectivity index (χ3n) is 2.21. The van der Waals surface area contributed by atoms with Crippen LogP contribution in [-0.4, -0.2) is 17.0 Å². The molecule has 0 aromatic heterocycles. The molecular formula is C12H14O4. The highest BCUT2D eigenvalue weighted by Crippen LogP contribution is 2.08. The van der Waals surface area contributed by atoms with Crippen molar-refractivity contribution in [3.05, 3.63) is 35.9 Å². The summed E-state index contributed by atoms with van der Waals surface area (Å²) in [7, 11) is 0. The van der Waals surface area contributed by atoms with Crippen molar-refractivity contribution in [1.29, 1.82) is 0 Å². The highest BCUT2D eigenvalue weighted by atomic mass is 16.5. The lowest BCUT2D eigenvalue weighted by molar-refractivity contribution is -0.159. The molecule has 0 spiro atoms. The third kappa shape index (κ3) is 3.38. The minimum Gasteiger partial charge on any atom is -0.481 e. The molecule has 0 aliphatic rings. The molecule has 1 aromatic rings. The van der Waals surface area contributed by atoms with Crippen LogP contribution < -0.4 is 0 Å². The Morgan fingerprint density at radius 1 is 1.31 bits per heavy atom. The van der Waals surface area contributed by atoms with Gasteiger partial charge in [0.25, 0.3) is 0 Å². The maximum atomic E-state index is 11.4. The number of hydrogen-bond donors (Lipinski definition) is 1. The van der Waals surface area contributed by atoms with Crippen LogP contribution in [0.25, 0.3) is 0 Å². The van der Waals surface area contributed by atoms with Crippen LogP contribution in [0, 0.1) is 5.92 Å². The SMILES string of the molecule is CCC(C(=O)O)C(=O)OCc1ccccc1. The molecule has 0 aliphatic heterocycles. The van der Waals surface area contributed by atoms with Crippen LogP contribution in [0.15, 0.2) is 30.3 Å². The van der Waals surface area contributed by atoms with Crippen molar-refractivity contribution in [2.24, 2.45) is 5.92 Å². The van der Waals surface area contributed by atoms with E-state index >= 15 is 0 Å². The van der Waals surface area contributed by atoms with E-state index in [0.29, 0.717) is 0 Å². The lowest BCUT2D eigenvalue weighted by atomic mass is 10.1. The van der Waals surface area contributed by atoms with Crippen molar-refractivity contribution >= 4 is 11.9 Å². The van der Waals surface area contributed by atoms with Crippen molar-refractivity contribution in [1.82, 2.24) is 0 Å². The molecule has 0 heterocycles. The van der Waals surface area contributed by atoms with Gasteiger partial charge in [-0.2, -0.15) is 0 Å². The summed E-state index contributed by atoms with van der Waals surface area (Å²) >= 11 is 0. The largest absolute Gasteiger partial charge is 0.481 e. The molecule has 16 heavy (non-hydrogen) atoms. The molecule has 0 radical (unpaired) electrons. The molecular weight excluding hydrogens is 208 g/mol. The average molecular weight is 222 g/mol. The van der Waals surface area contributed by atoms with Crippen LogP contribution in [-0.2, 0) is 20.9 Å². The second-order valence-electron chi connectivity index (χ2n) is 3.39. The molecule has 1 rings (SSSR count). The number of carboxylic acids is 1. The maximum absolute atomic E-state index is 11.4. The average Bonchev–Trinajstić information content (AvgIpc) is 2.28. The smallest absolute Gasteiger partial charge is 0.320 e. The number of esters is 1. The van der Waals surface area contributed by atoms with E-state index in [9.17, 15) is 9.59 Å². The van der Waals surface area contributed by atoms with E-state index in [1.54, 1.807) is 6.92 Å². The van der Waals surface area contributed by atoms with Crippen LogP contribution in [0.1, 0.15) is 18.9 Å². The molecule has 1 N–H and O–H groups in total. The minimum atomic E-state index is -1.14. The lowest BCUT2D eigenvalue weighted by Gasteiger charge is -2.09. The lowest BCUT2D eigenvalue weighted by Crippen LogP contribution is -2.25. The first kappa shape index (κ1) is 12.2. The van der Waals surface area contributed by atoms with Gasteiger partial charge in [0, 0.05) is 0 Å². The van der Waals surface area contributed by atoms with Gasteiger partial charge in [-0.3, -0.25) is 9.59 Å². The van der Waals surface area contributed by atoms with Gasteiger partial charge in [0.05, 0.1) is 0 Å². The number of rotatable bonds is 5. The van der Waals surface area contributed by atoms with Crippen LogP contribution in [0.2, 0.25) is 0 Å². The van der Waals surface area contributed by atoms with Crippen LogP contribution in [0.5, 0.6) is 0 Å². The van der Waals surface area contributed by atoms with E-state index in [4.69, 9.17) is 9.84 Å². The second kappa shape index (κ2) is 5.90. The van der Waals surface area contributed by atoms with Crippen molar-refractivity contribution in [3.63, 3.8) is 0 Å². The van der Waals surface area contributed by atoms with E-state index in [-0.39, 0.29) is 13.0 Å². The van der Waals surface area contributed by atoms with Gasteiger partial charge in [-0.25, -0.2) is 0 Å². The zero-order valence-electron chi connectivity index (χ0n) is 9.05. The molecule has 0 fully saturated rings. The summed E-state index contributed by atoms with van der Waals surface area (Å²) in [4.78, 5) is 22.1. The molecule has 4 heteroatoms. The fraction of sp³-hybridized carbons (Fsp3) is 0.333. The first-order valence-corrected chi connectivity index (χ1v) is 5.08. The van der Waals surface area contributed by atoms with Gasteiger partial charge in [-0.1, -0.05) is 37.3 Å². The minimum absolute atomic E-state index is 0.115. The van der Waals surface area contributed by atoms with E-state index < -0.39 is 17.9 Å². The maximum Gasteiger partial charge on any atom is 0.320 e. The Bertz CT molecular complexity index is 359. The van der Waals surface area contributed by atoms with E-state index in [1.165, 1.54) is 0 Å². The summed E-state index contributed by atoms with van der Waals surface area (Å²) in [6, 6.07) is 9.15. The Kier molecular flexibility index (Phi) is 4.51. The predicted molar refractivity (Wildman–Crippen MR) is 57.7 cm³/mol. The summed E-state index contributed by atoms with van der Waals surface area (Å²) in [5.74, 6) is -2.89. The zero-order chi connectivity index (χ0) is 12.0. The molecule has 0 bridgehead atoms. The fourth-order valence-electron chi connectivity index (χ4n) is 1.27. The van der Waals surface area contributed by atoms with E-state index in [1.807, 2.05) is 30.3 Å². The number of carbonyl (C=O) groups excluding carboxylic acids is 1. The van der Waals surface area contributed by atoms with Crippen molar-refractivity contribution in [3.8, 4) is 0 Å².